The minimum Gasteiger partial charge on any atom is -0.464 e. The molecule has 0 saturated carbocycles. The van der Waals surface area contributed by atoms with Gasteiger partial charge in [0.1, 0.15) is 18.3 Å². The van der Waals surface area contributed by atoms with Crippen molar-refractivity contribution < 1.29 is 46.1 Å². The fourth-order valence-corrected chi connectivity index (χ4v) is 16.3. The van der Waals surface area contributed by atoms with Crippen molar-refractivity contribution in [1.29, 1.82) is 0 Å². The highest BCUT2D eigenvalue weighted by atomic mass is 32.2. The Morgan fingerprint density at radius 3 is 1.58 bits per heavy atom. The second kappa shape index (κ2) is 19.1. The van der Waals surface area contributed by atoms with Crippen LogP contribution in [0.3, 0.4) is 0 Å². The van der Waals surface area contributed by atoms with E-state index in [1.54, 1.807) is 38.1 Å². The molecule has 0 spiro atoms. The van der Waals surface area contributed by atoms with Crippen molar-refractivity contribution in [1.82, 2.24) is 4.31 Å². The third-order valence-electron chi connectivity index (χ3n) is 11.6. The van der Waals surface area contributed by atoms with E-state index < -0.39 is 72.2 Å². The maximum Gasteiger partial charge on any atom is 0.342 e. The lowest BCUT2D eigenvalue weighted by atomic mass is 9.77. The predicted molar refractivity (Wildman–Crippen MR) is 221 cm³/mol. The highest BCUT2D eigenvalue weighted by molar-refractivity contribution is 7.88. The van der Waals surface area contributed by atoms with Gasteiger partial charge < -0.3 is 28.1 Å². The lowest BCUT2D eigenvalue weighted by Crippen LogP contribution is -2.69. The molecule has 0 unspecified atom stereocenters. The monoisotopic (exact) mass is 823 g/mol. The molecule has 6 atom stereocenters. The topological polar surface area (TPSA) is 127 Å². The van der Waals surface area contributed by atoms with Crippen LogP contribution in [0.25, 0.3) is 0 Å². The van der Waals surface area contributed by atoms with Crippen LogP contribution in [0, 0.1) is 5.92 Å². The van der Waals surface area contributed by atoms with Crippen LogP contribution >= 0.6 is 0 Å². The Balaban J connectivity index is 1.80. The highest BCUT2D eigenvalue weighted by Gasteiger charge is 2.77. The van der Waals surface area contributed by atoms with Gasteiger partial charge in [-0.25, -0.2) is 18.0 Å². The standard InChI is InChI=1S/C44H61NO10SSi/c1-10-50-42(46)44(43(47)51-11-2)41-37(38(45(44)56(9,48)49)35-25-19-14-20-26-35)40(53-28-34-23-17-13-18-24-34)39(52-27-33-21-15-12-16-22-33)36(55-41)29-54-57(30(3)4,31(5)6)32(7)8/h12-26,30-32,36-41H,10-11,27-29H2,1-9H3/t36-,37-,38-,39+,40-,41-/m1/s1. The van der Waals surface area contributed by atoms with Gasteiger partial charge in [0.25, 0.3) is 5.54 Å². The Bertz CT molecular complexity index is 1820. The molecular weight excluding hydrogens is 763 g/mol. The van der Waals surface area contributed by atoms with E-state index in [0.717, 1.165) is 21.7 Å². The van der Waals surface area contributed by atoms with Gasteiger partial charge >= 0.3 is 11.9 Å². The first kappa shape index (κ1) is 44.7. The molecule has 2 aliphatic rings. The zero-order valence-corrected chi connectivity index (χ0v) is 36.6. The molecule has 0 aromatic heterocycles. The molecule has 312 valence electrons. The van der Waals surface area contributed by atoms with Crippen molar-refractivity contribution in [3.63, 3.8) is 0 Å². The maximum atomic E-state index is 14.7. The molecule has 13 heteroatoms. The second-order valence-electron chi connectivity index (χ2n) is 15.9. The molecule has 57 heavy (non-hydrogen) atoms. The van der Waals surface area contributed by atoms with E-state index in [2.05, 4.69) is 41.5 Å². The summed E-state index contributed by atoms with van der Waals surface area (Å²) in [6.45, 7) is 16.5. The van der Waals surface area contributed by atoms with E-state index in [1.807, 2.05) is 66.7 Å². The van der Waals surface area contributed by atoms with Crippen molar-refractivity contribution in [2.24, 2.45) is 5.92 Å². The quantitative estimate of drug-likeness (QED) is 0.0719. The first-order valence-electron chi connectivity index (χ1n) is 20.1. The van der Waals surface area contributed by atoms with E-state index in [4.69, 9.17) is 28.1 Å². The zero-order chi connectivity index (χ0) is 41.5. The van der Waals surface area contributed by atoms with Crippen molar-refractivity contribution in [2.45, 2.75) is 121 Å². The summed E-state index contributed by atoms with van der Waals surface area (Å²) in [5, 5.41) is 0. The molecule has 0 bridgehead atoms. The van der Waals surface area contributed by atoms with Crippen molar-refractivity contribution in [3.05, 3.63) is 108 Å². The zero-order valence-electron chi connectivity index (χ0n) is 34.8. The van der Waals surface area contributed by atoms with Crippen LogP contribution < -0.4 is 0 Å². The van der Waals surface area contributed by atoms with Crippen molar-refractivity contribution in [2.75, 3.05) is 26.1 Å². The molecule has 0 aliphatic carbocycles. The van der Waals surface area contributed by atoms with Crippen LogP contribution in [0.5, 0.6) is 0 Å². The number of benzene rings is 3. The van der Waals surface area contributed by atoms with Crippen LogP contribution in [0.1, 0.15) is 78.1 Å². The van der Waals surface area contributed by atoms with Gasteiger partial charge in [-0.1, -0.05) is 133 Å². The van der Waals surface area contributed by atoms with Gasteiger partial charge in [0.15, 0.2) is 8.32 Å². The molecule has 3 aromatic rings. The average Bonchev–Trinajstić information content (AvgIpc) is 3.50. The molecule has 2 saturated heterocycles. The lowest BCUT2D eigenvalue weighted by Gasteiger charge is -2.49. The van der Waals surface area contributed by atoms with Crippen molar-refractivity contribution in [3.8, 4) is 0 Å². The molecular formula is C44H61NO10SSi. The van der Waals surface area contributed by atoms with Crippen LogP contribution in [0.15, 0.2) is 91.0 Å². The van der Waals surface area contributed by atoms with E-state index >= 15 is 0 Å². The molecule has 0 radical (unpaired) electrons. The molecule has 11 nitrogen and oxygen atoms in total. The average molecular weight is 824 g/mol. The fourth-order valence-electron chi connectivity index (χ4n) is 9.44. The number of rotatable bonds is 18. The van der Waals surface area contributed by atoms with Crippen LogP contribution in [0.2, 0.25) is 16.6 Å². The molecule has 5 rings (SSSR count). The van der Waals surface area contributed by atoms with Crippen LogP contribution in [-0.4, -0.2) is 89.0 Å². The third-order valence-corrected chi connectivity index (χ3v) is 18.9. The smallest absolute Gasteiger partial charge is 0.342 e. The van der Waals surface area contributed by atoms with Crippen LogP contribution in [-0.2, 0) is 60.9 Å². The number of carbonyl (C=O) groups excluding carboxylic acids is 2. The SMILES string of the molecule is CCOC(=O)C1(C(=O)OCC)[C@@H]2O[C@H](CO[Si](C(C)C)(C(C)C)C(C)C)[C@H](OCc3ccccc3)[C@H](OCc3ccccc3)[C@H]2[C@@H](c2ccccc2)N1S(C)(=O)=O. The summed E-state index contributed by atoms with van der Waals surface area (Å²) in [6.07, 6.45) is -3.14. The van der Waals surface area contributed by atoms with Crippen LogP contribution in [0.4, 0.5) is 0 Å². The largest absolute Gasteiger partial charge is 0.464 e. The molecule has 2 aliphatic heterocycles. The Morgan fingerprint density at radius 1 is 0.719 bits per heavy atom. The minimum atomic E-state index is -4.41. The lowest BCUT2D eigenvalue weighted by molar-refractivity contribution is -0.246. The van der Waals surface area contributed by atoms with Gasteiger partial charge in [-0.3, -0.25) is 0 Å². The molecule has 2 heterocycles. The van der Waals surface area contributed by atoms with Gasteiger partial charge in [-0.15, -0.1) is 0 Å². The number of hydrogen-bond donors (Lipinski definition) is 0. The summed E-state index contributed by atoms with van der Waals surface area (Å²) in [6, 6.07) is 27.2. The molecule has 3 aromatic carbocycles. The normalized spacial score (nSPS) is 23.8. The number of sulfonamides is 1. The first-order valence-corrected chi connectivity index (χ1v) is 24.1. The minimum absolute atomic E-state index is 0.0469. The first-order chi connectivity index (χ1) is 27.2. The number of hydrogen-bond acceptors (Lipinski definition) is 10. The van der Waals surface area contributed by atoms with E-state index in [-0.39, 0.29) is 49.7 Å². The Morgan fingerprint density at radius 2 is 1.16 bits per heavy atom. The summed E-state index contributed by atoms with van der Waals surface area (Å²) in [5.74, 6) is -3.13. The predicted octanol–water partition coefficient (Wildman–Crippen LogP) is 7.61. The third kappa shape index (κ3) is 8.95. The fraction of sp³-hybridized carbons (Fsp3) is 0.545. The van der Waals surface area contributed by atoms with Gasteiger partial charge in [0.2, 0.25) is 10.0 Å². The van der Waals surface area contributed by atoms with Crippen molar-refractivity contribution >= 4 is 30.3 Å². The summed E-state index contributed by atoms with van der Waals surface area (Å²) >= 11 is 0. The molecule has 0 amide bonds. The van der Waals surface area contributed by atoms with Gasteiger partial charge in [0.05, 0.1) is 51.4 Å². The highest BCUT2D eigenvalue weighted by Crippen LogP contribution is 2.56. The second-order valence-corrected chi connectivity index (χ2v) is 23.3. The summed E-state index contributed by atoms with van der Waals surface area (Å²) < 4.78 is 69.4. The van der Waals surface area contributed by atoms with E-state index in [0.29, 0.717) is 5.56 Å². The Hall–Kier alpha value is -3.43. The van der Waals surface area contributed by atoms with E-state index in [9.17, 15) is 18.0 Å². The summed E-state index contributed by atoms with van der Waals surface area (Å²) in [7, 11) is -6.95. The number of esters is 2. The number of ether oxygens (including phenoxy) is 5. The van der Waals surface area contributed by atoms with Gasteiger partial charge in [-0.2, -0.15) is 4.31 Å². The molecule has 2 fully saturated rings. The summed E-state index contributed by atoms with van der Waals surface area (Å²) in [4.78, 5) is 29.5. The number of carbonyl (C=O) groups is 2. The maximum absolute atomic E-state index is 14.7. The van der Waals surface area contributed by atoms with Gasteiger partial charge in [0, 0.05) is 5.92 Å². The van der Waals surface area contributed by atoms with Gasteiger partial charge in [-0.05, 0) is 47.2 Å². The molecule has 0 N–H and O–H groups in total. The summed E-state index contributed by atoms with van der Waals surface area (Å²) in [5.41, 5.74) is 0.434. The Kier molecular flexibility index (Phi) is 15.0. The number of nitrogens with zero attached hydrogens (tertiary/aromatic N) is 1. The Labute approximate surface area is 340 Å². The van der Waals surface area contributed by atoms with E-state index in [1.165, 1.54) is 0 Å². The number of fused-ring (bicyclic) bond motifs is 1.